The van der Waals surface area contributed by atoms with Gasteiger partial charge in [0.05, 0.1) is 0 Å². The van der Waals surface area contributed by atoms with Crippen molar-refractivity contribution in [3.63, 3.8) is 0 Å². The van der Waals surface area contributed by atoms with Crippen molar-refractivity contribution >= 4 is 0 Å². The largest absolute Gasteiger partial charge is 0.327 e. The van der Waals surface area contributed by atoms with Crippen molar-refractivity contribution in [2.75, 3.05) is 0 Å². The first-order valence-electron chi connectivity index (χ1n) is 6.75. The molecule has 0 amide bonds. The second-order valence-electron chi connectivity index (χ2n) is 5.37. The van der Waals surface area contributed by atoms with E-state index in [0.717, 1.165) is 18.7 Å². The maximum atomic E-state index is 6.23. The first-order chi connectivity index (χ1) is 9.06. The summed E-state index contributed by atoms with van der Waals surface area (Å²) in [5.74, 6) is 0.968. The Labute approximate surface area is 114 Å². The summed E-state index contributed by atoms with van der Waals surface area (Å²) in [7, 11) is 0. The second kappa shape index (κ2) is 5.97. The molecule has 1 aromatic heterocycles. The molecule has 0 saturated carbocycles. The quantitative estimate of drug-likeness (QED) is 0.895. The summed E-state index contributed by atoms with van der Waals surface area (Å²) in [6, 6.07) is 8.89. The summed E-state index contributed by atoms with van der Waals surface area (Å²) in [4.78, 5) is 4.31. The van der Waals surface area contributed by atoms with Gasteiger partial charge in [-0.25, -0.2) is 9.67 Å². The van der Waals surface area contributed by atoms with Crippen LogP contribution in [0.5, 0.6) is 0 Å². The molecule has 0 radical (unpaired) electrons. The Bertz CT molecular complexity index is 530. The van der Waals surface area contributed by atoms with Crippen LogP contribution in [-0.2, 0) is 12.8 Å². The minimum atomic E-state index is 0.0727. The molecule has 0 aliphatic heterocycles. The summed E-state index contributed by atoms with van der Waals surface area (Å²) in [6.45, 7) is 6.30. The highest BCUT2D eigenvalue weighted by Gasteiger charge is 2.12. The van der Waals surface area contributed by atoms with Crippen molar-refractivity contribution in [1.82, 2.24) is 14.8 Å². The predicted octanol–water partition coefficient (Wildman–Crippen LogP) is 2.28. The Morgan fingerprint density at radius 2 is 2.05 bits per heavy atom. The zero-order valence-electron chi connectivity index (χ0n) is 11.9. The predicted molar refractivity (Wildman–Crippen MR) is 77.0 cm³/mol. The summed E-state index contributed by atoms with van der Waals surface area (Å²) >= 11 is 0. The van der Waals surface area contributed by atoms with Crippen LogP contribution in [0.2, 0.25) is 0 Å². The van der Waals surface area contributed by atoms with Crippen molar-refractivity contribution in [1.29, 1.82) is 0 Å². The summed E-state index contributed by atoms with van der Waals surface area (Å²) in [5.41, 5.74) is 8.79. The van der Waals surface area contributed by atoms with E-state index >= 15 is 0 Å². The molecule has 0 bridgehead atoms. The standard InChI is InChI=1S/C15H22N4/c1-11(2)19-15(17-10-18-19)9-14(16)8-13-6-4-5-12(3)7-13/h4-7,10-11,14H,8-9,16H2,1-3H3. The number of hydrogen-bond donors (Lipinski definition) is 1. The van der Waals surface area contributed by atoms with Gasteiger partial charge in [-0.3, -0.25) is 0 Å². The van der Waals surface area contributed by atoms with Gasteiger partial charge in [0.1, 0.15) is 12.2 Å². The number of nitrogens with two attached hydrogens (primary N) is 1. The van der Waals surface area contributed by atoms with Gasteiger partial charge in [0.15, 0.2) is 0 Å². The normalized spacial score (nSPS) is 12.9. The smallest absolute Gasteiger partial charge is 0.138 e. The van der Waals surface area contributed by atoms with Crippen LogP contribution < -0.4 is 5.73 Å². The molecular weight excluding hydrogens is 236 g/mol. The molecular formula is C15H22N4. The Balaban J connectivity index is 2.01. The lowest BCUT2D eigenvalue weighted by Gasteiger charge is -2.14. The number of aromatic nitrogens is 3. The minimum absolute atomic E-state index is 0.0727. The highest BCUT2D eigenvalue weighted by Crippen LogP contribution is 2.11. The monoisotopic (exact) mass is 258 g/mol. The summed E-state index contributed by atoms with van der Waals surface area (Å²) < 4.78 is 1.94. The summed E-state index contributed by atoms with van der Waals surface area (Å²) in [5, 5.41) is 4.24. The molecule has 0 saturated heterocycles. The second-order valence-corrected chi connectivity index (χ2v) is 5.37. The molecule has 0 aliphatic carbocycles. The molecule has 0 spiro atoms. The van der Waals surface area contributed by atoms with Crippen LogP contribution in [0.15, 0.2) is 30.6 Å². The van der Waals surface area contributed by atoms with Gasteiger partial charge in [-0.05, 0) is 32.8 Å². The first kappa shape index (κ1) is 13.7. The highest BCUT2D eigenvalue weighted by atomic mass is 15.3. The Kier molecular flexibility index (Phi) is 4.32. The van der Waals surface area contributed by atoms with E-state index in [1.165, 1.54) is 11.1 Å². The molecule has 4 heteroatoms. The van der Waals surface area contributed by atoms with Crippen molar-refractivity contribution in [2.45, 2.75) is 45.7 Å². The van der Waals surface area contributed by atoms with E-state index in [9.17, 15) is 0 Å². The van der Waals surface area contributed by atoms with Crippen LogP contribution in [0.4, 0.5) is 0 Å². The maximum Gasteiger partial charge on any atom is 0.138 e. The molecule has 1 aromatic carbocycles. The van der Waals surface area contributed by atoms with E-state index in [-0.39, 0.29) is 6.04 Å². The zero-order chi connectivity index (χ0) is 13.8. The highest BCUT2D eigenvalue weighted by molar-refractivity contribution is 5.23. The van der Waals surface area contributed by atoms with Crippen molar-refractivity contribution in [2.24, 2.45) is 5.73 Å². The lowest BCUT2D eigenvalue weighted by Crippen LogP contribution is -2.27. The third-order valence-corrected chi connectivity index (χ3v) is 3.16. The van der Waals surface area contributed by atoms with E-state index < -0.39 is 0 Å². The topological polar surface area (TPSA) is 56.7 Å². The molecule has 1 unspecified atom stereocenters. The van der Waals surface area contributed by atoms with E-state index in [1.807, 2.05) is 4.68 Å². The fourth-order valence-corrected chi connectivity index (χ4v) is 2.30. The number of nitrogens with zero attached hydrogens (tertiary/aromatic N) is 3. The molecule has 1 atom stereocenters. The van der Waals surface area contributed by atoms with Crippen molar-refractivity contribution in [3.8, 4) is 0 Å². The van der Waals surface area contributed by atoms with Crippen LogP contribution >= 0.6 is 0 Å². The third kappa shape index (κ3) is 3.64. The number of benzene rings is 1. The maximum absolute atomic E-state index is 6.23. The molecule has 2 rings (SSSR count). The molecule has 2 aromatic rings. The Hall–Kier alpha value is -1.68. The van der Waals surface area contributed by atoms with E-state index in [0.29, 0.717) is 6.04 Å². The fourth-order valence-electron chi connectivity index (χ4n) is 2.30. The van der Waals surface area contributed by atoms with Crippen molar-refractivity contribution < 1.29 is 0 Å². The zero-order valence-corrected chi connectivity index (χ0v) is 11.9. The molecule has 4 nitrogen and oxygen atoms in total. The molecule has 19 heavy (non-hydrogen) atoms. The average molecular weight is 258 g/mol. The Morgan fingerprint density at radius 3 is 2.74 bits per heavy atom. The molecule has 2 N–H and O–H groups in total. The first-order valence-corrected chi connectivity index (χ1v) is 6.75. The van der Waals surface area contributed by atoms with Crippen LogP contribution in [0, 0.1) is 6.92 Å². The fraction of sp³-hybridized carbons (Fsp3) is 0.467. The third-order valence-electron chi connectivity index (χ3n) is 3.16. The van der Waals surface area contributed by atoms with Gasteiger partial charge >= 0.3 is 0 Å². The van der Waals surface area contributed by atoms with E-state index in [4.69, 9.17) is 5.73 Å². The van der Waals surface area contributed by atoms with Gasteiger partial charge in [0.2, 0.25) is 0 Å². The van der Waals surface area contributed by atoms with Crippen LogP contribution in [0.25, 0.3) is 0 Å². The van der Waals surface area contributed by atoms with Gasteiger partial charge in [0.25, 0.3) is 0 Å². The van der Waals surface area contributed by atoms with Gasteiger partial charge in [-0.15, -0.1) is 0 Å². The SMILES string of the molecule is Cc1cccc(CC(N)Cc2ncnn2C(C)C)c1. The van der Waals surface area contributed by atoms with Gasteiger partial charge in [0, 0.05) is 18.5 Å². The molecule has 0 aliphatic rings. The molecule has 1 heterocycles. The van der Waals surface area contributed by atoms with Crippen LogP contribution in [-0.4, -0.2) is 20.8 Å². The number of hydrogen-bond acceptors (Lipinski definition) is 3. The van der Waals surface area contributed by atoms with Gasteiger partial charge in [-0.1, -0.05) is 29.8 Å². The van der Waals surface area contributed by atoms with Crippen LogP contribution in [0.1, 0.15) is 36.8 Å². The average Bonchev–Trinajstić information content (AvgIpc) is 2.76. The summed E-state index contributed by atoms with van der Waals surface area (Å²) in [6.07, 6.45) is 3.23. The molecule has 102 valence electrons. The van der Waals surface area contributed by atoms with E-state index in [2.05, 4.69) is 55.1 Å². The Morgan fingerprint density at radius 1 is 1.26 bits per heavy atom. The van der Waals surface area contributed by atoms with Crippen LogP contribution in [0.3, 0.4) is 0 Å². The van der Waals surface area contributed by atoms with Gasteiger partial charge < -0.3 is 5.73 Å². The number of aryl methyl sites for hydroxylation is 1. The van der Waals surface area contributed by atoms with E-state index in [1.54, 1.807) is 6.33 Å². The van der Waals surface area contributed by atoms with Gasteiger partial charge in [-0.2, -0.15) is 5.10 Å². The van der Waals surface area contributed by atoms with Crippen molar-refractivity contribution in [3.05, 3.63) is 47.5 Å². The molecule has 0 fully saturated rings. The minimum Gasteiger partial charge on any atom is -0.327 e. The lowest BCUT2D eigenvalue weighted by atomic mass is 10.0. The lowest BCUT2D eigenvalue weighted by molar-refractivity contribution is 0.489. The number of rotatable bonds is 5.